The second kappa shape index (κ2) is 3.12. The van der Waals surface area contributed by atoms with Gasteiger partial charge in [-0.05, 0) is 24.7 Å². The molecular formula is C15H22O3. The lowest BCUT2D eigenvalue weighted by Gasteiger charge is -2.44. The lowest BCUT2D eigenvalue weighted by molar-refractivity contribution is -0.145. The molecule has 0 aromatic rings. The van der Waals surface area contributed by atoms with E-state index < -0.39 is 0 Å². The molecule has 100 valence electrons. The summed E-state index contributed by atoms with van der Waals surface area (Å²) >= 11 is 0. The molecule has 2 saturated heterocycles. The SMILES string of the molecule is CC(C)[C@H]1CCC2(C)[C@@H]3COC(=O)[C@@H]3C1[C@@]21CO1. The van der Waals surface area contributed by atoms with Crippen molar-refractivity contribution < 1.29 is 14.3 Å². The van der Waals surface area contributed by atoms with Gasteiger partial charge in [-0.1, -0.05) is 20.8 Å². The molecule has 4 rings (SSSR count). The van der Waals surface area contributed by atoms with Gasteiger partial charge in [-0.25, -0.2) is 0 Å². The first-order valence-electron chi connectivity index (χ1n) is 7.32. The summed E-state index contributed by atoms with van der Waals surface area (Å²) in [5, 5.41) is 0. The second-order valence-electron chi connectivity index (χ2n) is 7.33. The zero-order valence-electron chi connectivity index (χ0n) is 11.4. The molecule has 1 spiro atoms. The minimum atomic E-state index is 0.0228. The molecule has 2 unspecified atom stereocenters. The number of hydrogen-bond donors (Lipinski definition) is 0. The molecule has 2 heterocycles. The third-order valence-electron chi connectivity index (χ3n) is 6.59. The largest absolute Gasteiger partial charge is 0.465 e. The molecule has 4 aliphatic rings. The minimum absolute atomic E-state index is 0.0228. The van der Waals surface area contributed by atoms with E-state index in [9.17, 15) is 4.79 Å². The Morgan fingerprint density at radius 2 is 2.11 bits per heavy atom. The van der Waals surface area contributed by atoms with Crippen molar-refractivity contribution in [3.05, 3.63) is 0 Å². The summed E-state index contributed by atoms with van der Waals surface area (Å²) in [6, 6.07) is 0. The summed E-state index contributed by atoms with van der Waals surface area (Å²) in [5.74, 6) is 2.25. The van der Waals surface area contributed by atoms with Crippen LogP contribution >= 0.6 is 0 Å². The van der Waals surface area contributed by atoms with Gasteiger partial charge >= 0.3 is 5.97 Å². The highest BCUT2D eigenvalue weighted by Crippen LogP contribution is 2.73. The van der Waals surface area contributed by atoms with Gasteiger partial charge in [0.25, 0.3) is 0 Å². The number of rotatable bonds is 1. The van der Waals surface area contributed by atoms with E-state index in [0.717, 1.165) is 6.61 Å². The molecule has 0 amide bonds. The number of carbonyl (C=O) groups is 1. The first-order valence-corrected chi connectivity index (χ1v) is 7.32. The average molecular weight is 250 g/mol. The van der Waals surface area contributed by atoms with Crippen molar-refractivity contribution in [2.45, 2.75) is 39.2 Å². The molecule has 0 N–H and O–H groups in total. The molecule has 3 nitrogen and oxygen atoms in total. The van der Waals surface area contributed by atoms with Crippen LogP contribution in [0.5, 0.6) is 0 Å². The van der Waals surface area contributed by atoms with Crippen molar-refractivity contribution in [2.24, 2.45) is 35.0 Å². The molecule has 0 aromatic carbocycles. The zero-order valence-corrected chi connectivity index (χ0v) is 11.4. The molecular weight excluding hydrogens is 228 g/mol. The van der Waals surface area contributed by atoms with Crippen LogP contribution in [0.2, 0.25) is 0 Å². The van der Waals surface area contributed by atoms with E-state index in [4.69, 9.17) is 9.47 Å². The van der Waals surface area contributed by atoms with Crippen LogP contribution < -0.4 is 0 Å². The lowest BCUT2D eigenvalue weighted by atomic mass is 9.60. The smallest absolute Gasteiger partial charge is 0.309 e. The molecule has 4 fully saturated rings. The lowest BCUT2D eigenvalue weighted by Crippen LogP contribution is -2.47. The van der Waals surface area contributed by atoms with Gasteiger partial charge in [0.1, 0.15) is 5.60 Å². The summed E-state index contributed by atoms with van der Waals surface area (Å²) < 4.78 is 11.4. The van der Waals surface area contributed by atoms with E-state index in [1.165, 1.54) is 12.8 Å². The van der Waals surface area contributed by atoms with Crippen LogP contribution in [-0.2, 0) is 14.3 Å². The van der Waals surface area contributed by atoms with Crippen LogP contribution in [0.15, 0.2) is 0 Å². The Balaban J connectivity index is 1.83. The third kappa shape index (κ3) is 1.01. The van der Waals surface area contributed by atoms with E-state index in [0.29, 0.717) is 30.3 Å². The summed E-state index contributed by atoms with van der Waals surface area (Å²) in [5.41, 5.74) is 0.203. The fourth-order valence-corrected chi connectivity index (χ4v) is 5.50. The summed E-state index contributed by atoms with van der Waals surface area (Å²) in [6.07, 6.45) is 2.45. The number of esters is 1. The molecule has 6 atom stereocenters. The molecule has 2 aliphatic heterocycles. The van der Waals surface area contributed by atoms with Gasteiger partial charge in [0, 0.05) is 17.3 Å². The van der Waals surface area contributed by atoms with Crippen molar-refractivity contribution >= 4 is 5.97 Å². The van der Waals surface area contributed by atoms with E-state index in [2.05, 4.69) is 20.8 Å². The topological polar surface area (TPSA) is 38.8 Å². The monoisotopic (exact) mass is 250 g/mol. The predicted molar refractivity (Wildman–Crippen MR) is 65.8 cm³/mol. The van der Waals surface area contributed by atoms with E-state index >= 15 is 0 Å². The second-order valence-corrected chi connectivity index (χ2v) is 7.33. The molecule has 2 aliphatic carbocycles. The summed E-state index contributed by atoms with van der Waals surface area (Å²) in [4.78, 5) is 12.1. The first kappa shape index (κ1) is 11.3. The fraction of sp³-hybridized carbons (Fsp3) is 0.933. The minimum Gasteiger partial charge on any atom is -0.465 e. The van der Waals surface area contributed by atoms with Gasteiger partial charge in [0.15, 0.2) is 0 Å². The van der Waals surface area contributed by atoms with Crippen molar-refractivity contribution in [1.29, 1.82) is 0 Å². The molecule has 0 aromatic heterocycles. The summed E-state index contributed by atoms with van der Waals surface area (Å²) in [6.45, 7) is 8.42. The Morgan fingerprint density at radius 3 is 2.72 bits per heavy atom. The van der Waals surface area contributed by atoms with Crippen molar-refractivity contribution in [3.63, 3.8) is 0 Å². The first-order chi connectivity index (χ1) is 8.51. The number of cyclic esters (lactones) is 1. The van der Waals surface area contributed by atoms with Gasteiger partial charge in [0.05, 0.1) is 19.1 Å². The van der Waals surface area contributed by atoms with Crippen LogP contribution in [0.25, 0.3) is 0 Å². The number of carbonyl (C=O) groups excluding carboxylic acids is 1. The van der Waals surface area contributed by atoms with E-state index in [-0.39, 0.29) is 22.9 Å². The summed E-state index contributed by atoms with van der Waals surface area (Å²) in [7, 11) is 0. The Labute approximate surface area is 108 Å². The Kier molecular flexibility index (Phi) is 1.95. The van der Waals surface area contributed by atoms with Gasteiger partial charge < -0.3 is 9.47 Å². The van der Waals surface area contributed by atoms with Crippen molar-refractivity contribution in [1.82, 2.24) is 0 Å². The highest BCUT2D eigenvalue weighted by Gasteiger charge is 2.79. The van der Waals surface area contributed by atoms with E-state index in [1.807, 2.05) is 0 Å². The van der Waals surface area contributed by atoms with E-state index in [1.54, 1.807) is 0 Å². The number of hydrogen-bond acceptors (Lipinski definition) is 3. The molecule has 18 heavy (non-hydrogen) atoms. The zero-order chi connectivity index (χ0) is 12.7. The van der Waals surface area contributed by atoms with Crippen LogP contribution in [0.4, 0.5) is 0 Å². The fourth-order valence-electron chi connectivity index (χ4n) is 5.50. The number of ether oxygens (including phenoxy) is 2. The van der Waals surface area contributed by atoms with Gasteiger partial charge in [-0.3, -0.25) is 4.79 Å². The van der Waals surface area contributed by atoms with Crippen LogP contribution in [0.1, 0.15) is 33.6 Å². The Hall–Kier alpha value is -0.570. The average Bonchev–Trinajstić information content (AvgIpc) is 2.99. The predicted octanol–water partition coefficient (Wildman–Crippen LogP) is 2.25. The van der Waals surface area contributed by atoms with Crippen LogP contribution in [0.3, 0.4) is 0 Å². The molecule has 2 bridgehead atoms. The maximum Gasteiger partial charge on any atom is 0.309 e. The Bertz CT molecular complexity index is 412. The normalized spacial score (nSPS) is 57.0. The highest BCUT2D eigenvalue weighted by atomic mass is 16.6. The molecule has 2 saturated carbocycles. The standard InChI is InChI=1S/C15H22O3/c1-8(2)9-4-5-14(3)10-6-17-13(16)11(10)12(9)15(14)7-18-15/h8-12H,4-7H2,1-3H3/t9-,10-,11+,12?,14?,15+/m1/s1. The number of epoxide rings is 1. The van der Waals surface area contributed by atoms with Gasteiger partial charge in [-0.15, -0.1) is 0 Å². The number of fused-ring (bicyclic) bond motifs is 3. The molecule has 0 radical (unpaired) electrons. The van der Waals surface area contributed by atoms with Crippen LogP contribution in [0, 0.1) is 35.0 Å². The molecule has 3 heteroatoms. The maximum atomic E-state index is 12.1. The van der Waals surface area contributed by atoms with Gasteiger partial charge in [0.2, 0.25) is 0 Å². The quantitative estimate of drug-likeness (QED) is 0.529. The van der Waals surface area contributed by atoms with Crippen molar-refractivity contribution in [2.75, 3.05) is 13.2 Å². The van der Waals surface area contributed by atoms with Gasteiger partial charge in [-0.2, -0.15) is 0 Å². The Morgan fingerprint density at radius 1 is 1.39 bits per heavy atom. The van der Waals surface area contributed by atoms with Crippen LogP contribution in [-0.4, -0.2) is 24.8 Å². The highest BCUT2D eigenvalue weighted by molar-refractivity contribution is 5.77. The maximum absolute atomic E-state index is 12.1. The third-order valence-corrected chi connectivity index (χ3v) is 6.59. The van der Waals surface area contributed by atoms with Crippen molar-refractivity contribution in [3.8, 4) is 0 Å².